The van der Waals surface area contributed by atoms with Crippen molar-refractivity contribution in [2.24, 2.45) is 5.73 Å². The second kappa shape index (κ2) is 3.90. The van der Waals surface area contributed by atoms with E-state index in [0.717, 1.165) is 10.0 Å². The zero-order valence-corrected chi connectivity index (χ0v) is 9.32. The minimum absolute atomic E-state index is 0.167. The molecule has 0 aliphatic heterocycles. The van der Waals surface area contributed by atoms with E-state index in [0.29, 0.717) is 5.76 Å². The number of nitrogens with two attached hydrogens (primary N) is 1. The van der Waals surface area contributed by atoms with Gasteiger partial charge in [-0.05, 0) is 18.2 Å². The predicted octanol–water partition coefficient (Wildman–Crippen LogP) is 2.81. The Bertz CT molecular complexity index is 505. The van der Waals surface area contributed by atoms with Crippen LogP contribution in [0.4, 0.5) is 0 Å². The summed E-state index contributed by atoms with van der Waals surface area (Å²) >= 11 is 3.40. The van der Waals surface area contributed by atoms with Crippen LogP contribution in [-0.4, -0.2) is 5.91 Å². The molecule has 3 nitrogen and oxygen atoms in total. The van der Waals surface area contributed by atoms with E-state index in [9.17, 15) is 4.79 Å². The van der Waals surface area contributed by atoms with E-state index in [1.165, 1.54) is 0 Å². The average molecular weight is 266 g/mol. The summed E-state index contributed by atoms with van der Waals surface area (Å²) in [6, 6.07) is 10.9. The molecule has 0 spiro atoms. The molecule has 1 aromatic heterocycles. The lowest BCUT2D eigenvalue weighted by atomic mass is 10.2. The molecule has 1 amide bonds. The fourth-order valence-electron chi connectivity index (χ4n) is 1.28. The van der Waals surface area contributed by atoms with Crippen LogP contribution in [0.5, 0.6) is 0 Å². The van der Waals surface area contributed by atoms with Crippen molar-refractivity contribution in [2.45, 2.75) is 0 Å². The van der Waals surface area contributed by atoms with Crippen LogP contribution in [0, 0.1) is 0 Å². The summed E-state index contributed by atoms with van der Waals surface area (Å²) in [5.41, 5.74) is 5.99. The number of furan rings is 1. The zero-order valence-electron chi connectivity index (χ0n) is 7.74. The lowest BCUT2D eigenvalue weighted by Crippen LogP contribution is -2.09. The second-order valence-electron chi connectivity index (χ2n) is 3.01. The highest BCUT2D eigenvalue weighted by molar-refractivity contribution is 9.10. The largest absolute Gasteiger partial charge is 0.451 e. The molecule has 0 bridgehead atoms. The molecule has 0 atom stereocenters. The minimum atomic E-state index is -0.562. The molecule has 0 aliphatic rings. The van der Waals surface area contributed by atoms with Gasteiger partial charge in [0.15, 0.2) is 5.76 Å². The fraction of sp³-hybridized carbons (Fsp3) is 0. The number of rotatable bonds is 2. The lowest BCUT2D eigenvalue weighted by molar-refractivity contribution is 0.0974. The van der Waals surface area contributed by atoms with Gasteiger partial charge in [-0.3, -0.25) is 4.79 Å². The van der Waals surface area contributed by atoms with Gasteiger partial charge in [-0.25, -0.2) is 0 Å². The van der Waals surface area contributed by atoms with Crippen LogP contribution in [0.25, 0.3) is 11.3 Å². The minimum Gasteiger partial charge on any atom is -0.451 e. The molecule has 2 N–H and O–H groups in total. The van der Waals surface area contributed by atoms with Crippen molar-refractivity contribution in [3.63, 3.8) is 0 Å². The second-order valence-corrected chi connectivity index (χ2v) is 3.86. The molecule has 0 aliphatic carbocycles. The normalized spacial score (nSPS) is 10.2. The van der Waals surface area contributed by atoms with Gasteiger partial charge in [0.25, 0.3) is 5.91 Å². The monoisotopic (exact) mass is 265 g/mol. The van der Waals surface area contributed by atoms with Crippen molar-refractivity contribution in [3.8, 4) is 11.3 Å². The summed E-state index contributed by atoms with van der Waals surface area (Å²) in [5.74, 6) is 0.227. The molecule has 76 valence electrons. The average Bonchev–Trinajstić information content (AvgIpc) is 2.67. The van der Waals surface area contributed by atoms with Crippen LogP contribution in [0.15, 0.2) is 45.3 Å². The van der Waals surface area contributed by atoms with Crippen molar-refractivity contribution in [3.05, 3.63) is 46.6 Å². The number of amides is 1. The Morgan fingerprint density at radius 3 is 2.53 bits per heavy atom. The maximum absolute atomic E-state index is 10.8. The summed E-state index contributed by atoms with van der Waals surface area (Å²) in [6.45, 7) is 0. The van der Waals surface area contributed by atoms with E-state index in [-0.39, 0.29) is 5.76 Å². The number of halogens is 1. The highest BCUT2D eigenvalue weighted by Gasteiger charge is 2.10. The molecule has 4 heteroatoms. The van der Waals surface area contributed by atoms with Gasteiger partial charge in [-0.15, -0.1) is 0 Å². The van der Waals surface area contributed by atoms with E-state index >= 15 is 0 Å². The molecular formula is C11H8BrNO2. The third-order valence-electron chi connectivity index (χ3n) is 1.99. The van der Waals surface area contributed by atoms with Gasteiger partial charge in [-0.2, -0.15) is 0 Å². The standard InChI is InChI=1S/C11H8BrNO2/c12-8-4-2-1-3-7(8)9-5-6-10(15-9)11(13)14/h1-6H,(H2,13,14). The Balaban J connectivity index is 2.46. The Kier molecular flexibility index (Phi) is 2.60. The topological polar surface area (TPSA) is 56.2 Å². The molecule has 0 fully saturated rings. The number of hydrogen-bond acceptors (Lipinski definition) is 2. The van der Waals surface area contributed by atoms with Gasteiger partial charge < -0.3 is 10.2 Å². The van der Waals surface area contributed by atoms with Crippen LogP contribution in [-0.2, 0) is 0 Å². The summed E-state index contributed by atoms with van der Waals surface area (Å²) in [5, 5.41) is 0. The molecule has 0 radical (unpaired) electrons. The maximum atomic E-state index is 10.8. The van der Waals surface area contributed by atoms with E-state index < -0.39 is 5.91 Å². The van der Waals surface area contributed by atoms with Crippen LogP contribution in [0.1, 0.15) is 10.6 Å². The van der Waals surface area contributed by atoms with Gasteiger partial charge in [0.1, 0.15) is 5.76 Å². The molecule has 1 aromatic carbocycles. The highest BCUT2D eigenvalue weighted by atomic mass is 79.9. The molecule has 15 heavy (non-hydrogen) atoms. The first-order valence-corrected chi connectivity index (χ1v) is 5.12. The molecule has 2 aromatic rings. The van der Waals surface area contributed by atoms with Gasteiger partial charge in [-0.1, -0.05) is 34.1 Å². The molecule has 0 unspecified atom stereocenters. The lowest BCUT2D eigenvalue weighted by Gasteiger charge is -1.99. The third kappa shape index (κ3) is 1.94. The van der Waals surface area contributed by atoms with E-state index in [1.54, 1.807) is 12.1 Å². The third-order valence-corrected chi connectivity index (χ3v) is 2.68. The van der Waals surface area contributed by atoms with Crippen LogP contribution in [0.3, 0.4) is 0 Å². The number of benzene rings is 1. The van der Waals surface area contributed by atoms with Crippen molar-refractivity contribution in [2.75, 3.05) is 0 Å². The van der Waals surface area contributed by atoms with Crippen molar-refractivity contribution < 1.29 is 9.21 Å². The molecule has 0 saturated heterocycles. The SMILES string of the molecule is NC(=O)c1ccc(-c2ccccc2Br)o1. The first-order chi connectivity index (χ1) is 7.18. The van der Waals surface area contributed by atoms with E-state index in [2.05, 4.69) is 15.9 Å². The summed E-state index contributed by atoms with van der Waals surface area (Å²) in [4.78, 5) is 10.8. The van der Waals surface area contributed by atoms with Crippen LogP contribution >= 0.6 is 15.9 Å². The molecule has 0 saturated carbocycles. The van der Waals surface area contributed by atoms with E-state index in [4.69, 9.17) is 10.2 Å². The van der Waals surface area contributed by atoms with E-state index in [1.807, 2.05) is 24.3 Å². The zero-order chi connectivity index (χ0) is 10.8. The van der Waals surface area contributed by atoms with Crippen molar-refractivity contribution in [1.82, 2.24) is 0 Å². The molecular weight excluding hydrogens is 258 g/mol. The van der Waals surface area contributed by atoms with Crippen LogP contribution < -0.4 is 5.73 Å². The van der Waals surface area contributed by atoms with Gasteiger partial charge in [0, 0.05) is 10.0 Å². The number of carbonyl (C=O) groups is 1. The van der Waals surface area contributed by atoms with Gasteiger partial charge in [0.2, 0.25) is 0 Å². The first-order valence-electron chi connectivity index (χ1n) is 4.33. The fourth-order valence-corrected chi connectivity index (χ4v) is 1.76. The Hall–Kier alpha value is -1.55. The maximum Gasteiger partial charge on any atom is 0.284 e. The summed E-state index contributed by atoms with van der Waals surface area (Å²) < 4.78 is 6.22. The number of carbonyl (C=O) groups excluding carboxylic acids is 1. The highest BCUT2D eigenvalue weighted by Crippen LogP contribution is 2.29. The quantitative estimate of drug-likeness (QED) is 0.908. The van der Waals surface area contributed by atoms with Crippen LogP contribution in [0.2, 0.25) is 0 Å². The molecule has 2 rings (SSSR count). The smallest absolute Gasteiger partial charge is 0.284 e. The summed E-state index contributed by atoms with van der Waals surface area (Å²) in [7, 11) is 0. The summed E-state index contributed by atoms with van der Waals surface area (Å²) in [6.07, 6.45) is 0. The number of hydrogen-bond donors (Lipinski definition) is 1. The van der Waals surface area contributed by atoms with Crippen molar-refractivity contribution in [1.29, 1.82) is 0 Å². The Morgan fingerprint density at radius 1 is 1.20 bits per heavy atom. The Labute approximate surface area is 95.0 Å². The number of primary amides is 1. The Morgan fingerprint density at radius 2 is 1.93 bits per heavy atom. The van der Waals surface area contributed by atoms with Gasteiger partial charge in [0.05, 0.1) is 0 Å². The molecule has 1 heterocycles. The van der Waals surface area contributed by atoms with Gasteiger partial charge >= 0.3 is 0 Å². The predicted molar refractivity (Wildman–Crippen MR) is 60.4 cm³/mol. The first kappa shape index (κ1) is 9.98. The van der Waals surface area contributed by atoms with Crippen molar-refractivity contribution >= 4 is 21.8 Å².